The van der Waals surface area contributed by atoms with E-state index in [-0.39, 0.29) is 5.91 Å². The molecule has 4 aromatic heterocycles. The molecule has 148 valence electrons. The maximum atomic E-state index is 13.8. The summed E-state index contributed by atoms with van der Waals surface area (Å²) in [5.74, 6) is -0.0194. The molecule has 1 amide bonds. The summed E-state index contributed by atoms with van der Waals surface area (Å²) in [7, 11) is 0. The van der Waals surface area contributed by atoms with Crippen LogP contribution in [0.1, 0.15) is 33.6 Å². The molecule has 0 spiro atoms. The molecule has 0 unspecified atom stereocenters. The van der Waals surface area contributed by atoms with Crippen LogP contribution in [0.25, 0.3) is 16.6 Å². The summed E-state index contributed by atoms with van der Waals surface area (Å²) >= 11 is 0. The van der Waals surface area contributed by atoms with Gasteiger partial charge in [0.05, 0.1) is 40.3 Å². The Bertz CT molecular complexity index is 1380. The average Bonchev–Trinajstić information content (AvgIpc) is 3.49. The van der Waals surface area contributed by atoms with Gasteiger partial charge < -0.3 is 14.9 Å². The van der Waals surface area contributed by atoms with Crippen LogP contribution in [0.15, 0.2) is 55.1 Å². The molecule has 1 aliphatic heterocycles. The van der Waals surface area contributed by atoms with Crippen molar-refractivity contribution in [3.63, 3.8) is 0 Å². The Balaban J connectivity index is 1.49. The van der Waals surface area contributed by atoms with Gasteiger partial charge in [0.15, 0.2) is 0 Å². The van der Waals surface area contributed by atoms with Crippen molar-refractivity contribution in [2.45, 2.75) is 12.5 Å². The number of halogens is 1. The zero-order valence-electron chi connectivity index (χ0n) is 15.7. The van der Waals surface area contributed by atoms with E-state index in [1.807, 2.05) is 24.3 Å². The van der Waals surface area contributed by atoms with Crippen molar-refractivity contribution in [1.29, 1.82) is 0 Å². The number of benzene rings is 1. The molecule has 5 aromatic rings. The van der Waals surface area contributed by atoms with Crippen LogP contribution in [-0.4, -0.2) is 46.9 Å². The average molecular weight is 401 g/mol. The number of imidazole rings is 2. The van der Waals surface area contributed by atoms with Crippen molar-refractivity contribution < 1.29 is 9.18 Å². The number of nitrogens with one attached hydrogen (secondary N) is 2. The highest BCUT2D eigenvalue weighted by Crippen LogP contribution is 2.34. The van der Waals surface area contributed by atoms with Gasteiger partial charge in [-0.1, -0.05) is 12.1 Å². The fraction of sp³-hybridized carbons (Fsp3) is 0.143. The van der Waals surface area contributed by atoms with E-state index in [4.69, 9.17) is 4.98 Å². The second kappa shape index (κ2) is 6.24. The smallest absolute Gasteiger partial charge is 0.258 e. The van der Waals surface area contributed by atoms with Gasteiger partial charge in [0.1, 0.15) is 17.7 Å². The predicted molar refractivity (Wildman–Crippen MR) is 106 cm³/mol. The summed E-state index contributed by atoms with van der Waals surface area (Å²) in [6.07, 6.45) is 5.26. The molecular formula is C21H16FN7O. The zero-order chi connectivity index (χ0) is 20.2. The number of aromatic amines is 2. The van der Waals surface area contributed by atoms with Crippen LogP contribution in [0, 0.1) is 5.82 Å². The number of carbonyl (C=O) groups excluding carboxylic acids is 1. The van der Waals surface area contributed by atoms with E-state index >= 15 is 0 Å². The van der Waals surface area contributed by atoms with Gasteiger partial charge in [-0.3, -0.25) is 4.79 Å². The van der Waals surface area contributed by atoms with Crippen LogP contribution < -0.4 is 0 Å². The molecule has 1 aliphatic rings. The molecule has 0 aliphatic carbocycles. The van der Waals surface area contributed by atoms with Crippen LogP contribution in [0.4, 0.5) is 4.39 Å². The lowest BCUT2D eigenvalue weighted by Crippen LogP contribution is -2.41. The number of hydrogen-bond acceptors (Lipinski definition) is 4. The number of rotatable bonds is 2. The van der Waals surface area contributed by atoms with E-state index < -0.39 is 11.9 Å². The number of aromatic nitrogens is 6. The van der Waals surface area contributed by atoms with Gasteiger partial charge in [0.2, 0.25) is 0 Å². The molecule has 1 atom stereocenters. The van der Waals surface area contributed by atoms with Crippen molar-refractivity contribution in [1.82, 2.24) is 34.4 Å². The Hall–Kier alpha value is -4.01. The maximum Gasteiger partial charge on any atom is 0.258 e. The van der Waals surface area contributed by atoms with Gasteiger partial charge in [-0.05, 0) is 18.2 Å². The molecule has 0 saturated carbocycles. The maximum absolute atomic E-state index is 13.8. The highest BCUT2D eigenvalue weighted by molar-refractivity contribution is 6.01. The predicted octanol–water partition coefficient (Wildman–Crippen LogP) is 2.86. The largest absolute Gasteiger partial charge is 0.348 e. The molecule has 6 rings (SSSR count). The Morgan fingerprint density at radius 2 is 2.13 bits per heavy atom. The van der Waals surface area contributed by atoms with Gasteiger partial charge in [-0.15, -0.1) is 0 Å². The first-order chi connectivity index (χ1) is 14.7. The van der Waals surface area contributed by atoms with Gasteiger partial charge in [0.25, 0.3) is 5.91 Å². The summed E-state index contributed by atoms with van der Waals surface area (Å²) in [5.41, 5.74) is 4.22. The Labute approximate surface area is 169 Å². The van der Waals surface area contributed by atoms with E-state index in [1.165, 1.54) is 29.0 Å². The fourth-order valence-electron chi connectivity index (χ4n) is 4.15. The second-order valence-electron chi connectivity index (χ2n) is 7.29. The Kier molecular flexibility index (Phi) is 3.52. The number of para-hydroxylation sites is 2. The first-order valence-corrected chi connectivity index (χ1v) is 9.60. The number of amides is 1. The Morgan fingerprint density at radius 3 is 3.03 bits per heavy atom. The van der Waals surface area contributed by atoms with Gasteiger partial charge >= 0.3 is 0 Å². The Morgan fingerprint density at radius 1 is 1.23 bits per heavy atom. The molecule has 0 radical (unpaired) electrons. The minimum atomic E-state index is -0.483. The van der Waals surface area contributed by atoms with Crippen LogP contribution >= 0.6 is 0 Å². The molecule has 2 N–H and O–H groups in total. The monoisotopic (exact) mass is 401 g/mol. The van der Waals surface area contributed by atoms with Crippen LogP contribution in [0.2, 0.25) is 0 Å². The molecule has 9 heteroatoms. The normalized spacial score (nSPS) is 16.3. The summed E-state index contributed by atoms with van der Waals surface area (Å²) in [5, 5.41) is 4.20. The second-order valence-corrected chi connectivity index (χ2v) is 7.29. The quantitative estimate of drug-likeness (QED) is 0.476. The van der Waals surface area contributed by atoms with Gasteiger partial charge in [-0.25, -0.2) is 18.9 Å². The minimum absolute atomic E-state index is 0.241. The third-order valence-electron chi connectivity index (χ3n) is 5.57. The van der Waals surface area contributed by atoms with Crippen LogP contribution in [0.5, 0.6) is 0 Å². The van der Waals surface area contributed by atoms with Crippen LogP contribution in [0.3, 0.4) is 0 Å². The third-order valence-corrected chi connectivity index (χ3v) is 5.57. The number of hydrogen-bond donors (Lipinski definition) is 2. The molecular weight excluding hydrogens is 385 g/mol. The lowest BCUT2D eigenvalue weighted by molar-refractivity contribution is 0.0686. The molecule has 30 heavy (non-hydrogen) atoms. The molecule has 0 fully saturated rings. The number of nitrogens with zero attached hydrogens (tertiary/aromatic N) is 5. The van der Waals surface area contributed by atoms with Crippen molar-refractivity contribution in [3.05, 3.63) is 83.7 Å². The lowest BCUT2D eigenvalue weighted by Gasteiger charge is -2.33. The first kappa shape index (κ1) is 16.9. The first-order valence-electron chi connectivity index (χ1n) is 9.60. The zero-order valence-corrected chi connectivity index (χ0v) is 15.7. The molecule has 8 nitrogen and oxygen atoms in total. The van der Waals surface area contributed by atoms with Crippen molar-refractivity contribution >= 4 is 22.5 Å². The summed E-state index contributed by atoms with van der Waals surface area (Å²) < 4.78 is 15.3. The fourth-order valence-corrected chi connectivity index (χ4v) is 4.15. The number of fused-ring (bicyclic) bond motifs is 3. The van der Waals surface area contributed by atoms with E-state index in [0.29, 0.717) is 29.9 Å². The van der Waals surface area contributed by atoms with E-state index in [2.05, 4.69) is 20.1 Å². The number of pyridine rings is 1. The molecule has 0 saturated heterocycles. The summed E-state index contributed by atoms with van der Waals surface area (Å²) in [6, 6.07) is 9.86. The van der Waals surface area contributed by atoms with E-state index in [1.54, 1.807) is 11.2 Å². The standard InChI is InChI=1S/C21H16FN7O/c22-12-5-8-29-17(9-12)13(10-25-29)21(30)28-7-6-16-18(24-11-23-16)19(28)20-26-14-3-1-2-4-15(14)27-20/h1-5,8-11,19H,6-7H2,(H,23,24)(H,26,27)/t19-/m0/s1. The van der Waals surface area contributed by atoms with Crippen molar-refractivity contribution in [2.75, 3.05) is 6.54 Å². The van der Waals surface area contributed by atoms with Crippen molar-refractivity contribution in [2.24, 2.45) is 0 Å². The summed E-state index contributed by atoms with van der Waals surface area (Å²) in [4.78, 5) is 31.0. The lowest BCUT2D eigenvalue weighted by atomic mass is 10.0. The minimum Gasteiger partial charge on any atom is -0.348 e. The molecule has 1 aromatic carbocycles. The number of H-pyrrole nitrogens is 2. The molecule has 5 heterocycles. The van der Waals surface area contributed by atoms with E-state index in [0.717, 1.165) is 22.4 Å². The SMILES string of the molecule is O=C(c1cnn2ccc(F)cc12)N1CCc2[nH]cnc2[C@H]1c1nc2ccccc2[nH]1. The third kappa shape index (κ3) is 2.45. The number of carbonyl (C=O) groups is 1. The summed E-state index contributed by atoms with van der Waals surface area (Å²) in [6.45, 7) is 0.475. The van der Waals surface area contributed by atoms with Gasteiger partial charge in [-0.2, -0.15) is 5.10 Å². The topological polar surface area (TPSA) is 95.0 Å². The highest BCUT2D eigenvalue weighted by Gasteiger charge is 2.37. The molecule has 0 bridgehead atoms. The highest BCUT2D eigenvalue weighted by atomic mass is 19.1. The van der Waals surface area contributed by atoms with Crippen LogP contribution in [-0.2, 0) is 6.42 Å². The van der Waals surface area contributed by atoms with Gasteiger partial charge in [0, 0.05) is 30.9 Å². The van der Waals surface area contributed by atoms with E-state index in [9.17, 15) is 9.18 Å². The van der Waals surface area contributed by atoms with Crippen molar-refractivity contribution in [3.8, 4) is 0 Å².